The molecule has 6 rings (SSSR count). The molecule has 0 spiro atoms. The van der Waals surface area contributed by atoms with Crippen LogP contribution >= 0.6 is 23.4 Å². The highest BCUT2D eigenvalue weighted by Crippen LogP contribution is 2.39. The van der Waals surface area contributed by atoms with Gasteiger partial charge in [-0.3, -0.25) is 33.6 Å². The Kier molecular flexibility index (Phi) is 16.4. The van der Waals surface area contributed by atoms with Crippen LogP contribution in [0.5, 0.6) is 11.5 Å². The number of rotatable bonds is 13. The van der Waals surface area contributed by atoms with Crippen LogP contribution in [0.15, 0.2) is 84.5 Å². The maximum atomic E-state index is 14.7. The Morgan fingerprint density at radius 2 is 1.60 bits per heavy atom. The number of nitrogens with two attached hydrogens (primary N) is 2. The van der Waals surface area contributed by atoms with Crippen LogP contribution in [-0.4, -0.2) is 117 Å². The van der Waals surface area contributed by atoms with Gasteiger partial charge in [0.25, 0.3) is 5.91 Å². The van der Waals surface area contributed by atoms with Gasteiger partial charge in [-0.05, 0) is 98.7 Å². The third kappa shape index (κ3) is 11.8. The van der Waals surface area contributed by atoms with Crippen LogP contribution in [0.2, 0.25) is 5.02 Å². The van der Waals surface area contributed by atoms with Gasteiger partial charge in [0, 0.05) is 46.9 Å². The van der Waals surface area contributed by atoms with Crippen molar-refractivity contribution in [2.75, 3.05) is 25.2 Å². The molecule has 8 atom stereocenters. The number of hydrogen-bond acceptors (Lipinski definition) is 11. The fourth-order valence-corrected chi connectivity index (χ4v) is 9.78. The molecule has 1 fully saturated rings. The molecule has 3 aromatic carbocycles. The number of amides is 7. The Hall–Kier alpha value is -6.37. The average Bonchev–Trinajstić information content (AvgIpc) is 3.80. The minimum Gasteiger partial charge on any atom is -0.507 e. The second kappa shape index (κ2) is 22.0. The van der Waals surface area contributed by atoms with Gasteiger partial charge in [-0.25, -0.2) is 0 Å². The number of nitrogens with one attached hydrogen (secondary N) is 4. The normalized spacial score (nSPS) is 22.5. The molecular formula is C48H57ClN8O9S. The first kappa shape index (κ1) is 50.1. The van der Waals surface area contributed by atoms with Crippen LogP contribution in [-0.2, 0) is 40.0 Å². The quantitative estimate of drug-likeness (QED) is 0.116. The van der Waals surface area contributed by atoms with Gasteiger partial charge in [0.05, 0.1) is 5.88 Å². The van der Waals surface area contributed by atoms with Crippen molar-refractivity contribution >= 4 is 64.7 Å². The minimum atomic E-state index is -1.46. The van der Waals surface area contributed by atoms with Crippen molar-refractivity contribution in [3.63, 3.8) is 0 Å². The van der Waals surface area contributed by atoms with E-state index in [4.69, 9.17) is 23.1 Å². The maximum absolute atomic E-state index is 14.7. The summed E-state index contributed by atoms with van der Waals surface area (Å²) in [5.74, 6) is -4.84. The molecular weight excluding hydrogens is 900 g/mol. The van der Waals surface area contributed by atoms with Crippen LogP contribution in [0.4, 0.5) is 0 Å². The van der Waals surface area contributed by atoms with Crippen molar-refractivity contribution in [2.45, 2.75) is 88.6 Å². The van der Waals surface area contributed by atoms with E-state index in [-0.39, 0.29) is 58.7 Å². The Morgan fingerprint density at radius 1 is 0.925 bits per heavy atom. The van der Waals surface area contributed by atoms with Gasteiger partial charge < -0.3 is 52.7 Å². The highest BCUT2D eigenvalue weighted by Gasteiger charge is 2.39. The molecule has 3 aromatic rings. The summed E-state index contributed by atoms with van der Waals surface area (Å²) >= 11 is 7.45. The molecule has 17 nitrogen and oxygen atoms in total. The first-order valence-electron chi connectivity index (χ1n) is 22.0. The summed E-state index contributed by atoms with van der Waals surface area (Å²) < 4.78 is 0. The predicted molar refractivity (Wildman–Crippen MR) is 254 cm³/mol. The SMILES string of the molecule is CC1C=C(C(=O)N[C@@H](CCCCN)C(=O)N(C)[C@@H]2C(=O)N[C@@H](C)C(=O)N[C@H](C(=O)N[C@@H](C)C(=O)N3CSC[C@@H]3C(N)=O)Cc3ccc(O)c(c3)-c3cc2ccc3O)C=CC1c1ccc(Cl)cc1. The van der Waals surface area contributed by atoms with E-state index < -0.39 is 77.6 Å². The molecule has 19 heteroatoms. The number of carbonyl (C=O) groups is 7. The topological polar surface area (TPSA) is 267 Å². The summed E-state index contributed by atoms with van der Waals surface area (Å²) in [6, 6.07) is 8.90. The number of phenols is 2. The number of phenolic OH excluding ortho intramolecular Hbond substituents is 2. The monoisotopic (exact) mass is 956 g/mol. The number of likely N-dealkylation sites (N-methyl/N-ethyl adjacent to an activating group) is 1. The molecule has 0 aromatic heterocycles. The Balaban J connectivity index is 1.29. The first-order chi connectivity index (χ1) is 31.9. The first-order valence-corrected chi connectivity index (χ1v) is 23.6. The zero-order valence-corrected chi connectivity index (χ0v) is 39.2. The number of benzene rings is 3. The molecule has 0 saturated carbocycles. The van der Waals surface area contributed by atoms with Crippen molar-refractivity contribution in [2.24, 2.45) is 17.4 Å². The molecule has 1 aliphatic carbocycles. The molecule has 67 heavy (non-hydrogen) atoms. The summed E-state index contributed by atoms with van der Waals surface area (Å²) in [7, 11) is 1.39. The van der Waals surface area contributed by atoms with Gasteiger partial charge in [0.2, 0.25) is 35.4 Å². The number of primary amides is 1. The zero-order chi connectivity index (χ0) is 48.7. The van der Waals surface area contributed by atoms with Crippen LogP contribution in [0.1, 0.15) is 68.7 Å². The van der Waals surface area contributed by atoms with Gasteiger partial charge >= 0.3 is 0 Å². The number of aromatic hydroxyl groups is 2. The fraction of sp³-hybridized carbons (Fsp3) is 0.396. The molecule has 0 radical (unpaired) electrons. The average molecular weight is 958 g/mol. The molecule has 1 saturated heterocycles. The number of allylic oxidation sites excluding steroid dienone is 2. The fourth-order valence-electron chi connectivity index (χ4n) is 8.48. The van der Waals surface area contributed by atoms with E-state index in [1.54, 1.807) is 6.08 Å². The summed E-state index contributed by atoms with van der Waals surface area (Å²) in [4.78, 5) is 98.8. The van der Waals surface area contributed by atoms with Crippen molar-refractivity contribution in [3.8, 4) is 22.6 Å². The molecule has 2 aliphatic heterocycles. The zero-order valence-electron chi connectivity index (χ0n) is 37.7. The molecule has 3 aliphatic rings. The molecule has 2 heterocycles. The van der Waals surface area contributed by atoms with E-state index in [1.165, 1.54) is 74.0 Å². The third-order valence-electron chi connectivity index (χ3n) is 12.3. The lowest BCUT2D eigenvalue weighted by Crippen LogP contribution is -2.58. The summed E-state index contributed by atoms with van der Waals surface area (Å²) in [6.07, 6.45) is 6.52. The summed E-state index contributed by atoms with van der Waals surface area (Å²) in [5.41, 5.74) is 13.5. The lowest BCUT2D eigenvalue weighted by atomic mass is 9.82. The number of unbranched alkanes of at least 4 members (excludes halogenated alkanes) is 1. The maximum Gasteiger partial charge on any atom is 0.251 e. The minimum absolute atomic E-state index is 0.0142. The van der Waals surface area contributed by atoms with E-state index in [0.717, 1.165) is 10.5 Å². The number of halogens is 1. The van der Waals surface area contributed by atoms with E-state index in [9.17, 15) is 43.8 Å². The number of thioether (sulfide) groups is 1. The summed E-state index contributed by atoms with van der Waals surface area (Å²) in [6.45, 7) is 5.17. The van der Waals surface area contributed by atoms with E-state index in [2.05, 4.69) is 21.3 Å². The van der Waals surface area contributed by atoms with Gasteiger partial charge in [-0.1, -0.05) is 61.0 Å². The third-order valence-corrected chi connectivity index (χ3v) is 13.5. The Morgan fingerprint density at radius 3 is 2.27 bits per heavy atom. The highest BCUT2D eigenvalue weighted by molar-refractivity contribution is 7.99. The van der Waals surface area contributed by atoms with Crippen molar-refractivity contribution in [1.29, 1.82) is 0 Å². The Labute approximate surface area is 398 Å². The van der Waals surface area contributed by atoms with E-state index in [0.29, 0.717) is 41.3 Å². The second-order valence-electron chi connectivity index (χ2n) is 17.2. The largest absolute Gasteiger partial charge is 0.507 e. The number of hydrogen-bond donors (Lipinski definition) is 8. The summed E-state index contributed by atoms with van der Waals surface area (Å²) in [5, 5.41) is 33.8. The van der Waals surface area contributed by atoms with E-state index >= 15 is 0 Å². The molecule has 10 N–H and O–H groups in total. The lowest BCUT2D eigenvalue weighted by Gasteiger charge is -2.33. The number of fused-ring (bicyclic) bond motifs is 5. The van der Waals surface area contributed by atoms with Crippen molar-refractivity contribution in [1.82, 2.24) is 31.1 Å². The van der Waals surface area contributed by atoms with Crippen molar-refractivity contribution < 1.29 is 43.8 Å². The van der Waals surface area contributed by atoms with Gasteiger partial charge in [0.1, 0.15) is 47.8 Å². The molecule has 4 bridgehead atoms. The predicted octanol–water partition coefficient (Wildman–Crippen LogP) is 2.88. The van der Waals surface area contributed by atoms with Crippen LogP contribution < -0.4 is 32.7 Å². The standard InChI is InChI=1S/C48H57ClN8O9S/c1-25-19-31(11-15-33(25)29-9-13-32(49)14-10-29)44(62)54-36(7-5-6-18-50)48(66)56(4)41-30-12-17-40(59)35(22-30)34-20-28(8-16-39(34)58)21-37(55-43(61)26(2)52-46(41)64)45(63)53-27(3)47(65)57-24-67-23-38(57)42(51)60/h8-17,19-20,22,25-27,33,36-38,41,58-59H,5-7,18,21,23-24,50H2,1-4H3,(H2,51,60)(H,52,64)(H,53,63)(H,54,62)(H,55,61)/t25?,26-,27-,33?,36-,37-,38+,41-/m0/s1. The molecule has 356 valence electrons. The highest BCUT2D eigenvalue weighted by atomic mass is 35.5. The number of carbonyl (C=O) groups excluding carboxylic acids is 7. The smallest absolute Gasteiger partial charge is 0.251 e. The van der Waals surface area contributed by atoms with Crippen LogP contribution in [0.25, 0.3) is 11.1 Å². The van der Waals surface area contributed by atoms with Gasteiger partial charge in [-0.15, -0.1) is 11.8 Å². The van der Waals surface area contributed by atoms with Crippen LogP contribution in [0.3, 0.4) is 0 Å². The molecule has 7 amide bonds. The lowest BCUT2D eigenvalue weighted by molar-refractivity contribution is -0.142. The van der Waals surface area contributed by atoms with Crippen LogP contribution in [0, 0.1) is 5.92 Å². The van der Waals surface area contributed by atoms with Gasteiger partial charge in [-0.2, -0.15) is 0 Å². The number of nitrogens with zero attached hydrogens (tertiary/aromatic N) is 2. The Bertz CT molecular complexity index is 2470. The second-order valence-corrected chi connectivity index (χ2v) is 18.6. The van der Waals surface area contributed by atoms with E-state index in [1.807, 2.05) is 43.3 Å². The van der Waals surface area contributed by atoms with Gasteiger partial charge in [0.15, 0.2) is 0 Å². The molecule has 2 unspecified atom stereocenters. The van der Waals surface area contributed by atoms with Crippen molar-refractivity contribution in [3.05, 3.63) is 106 Å².